The van der Waals surface area contributed by atoms with E-state index in [1.807, 2.05) is 6.07 Å². The number of aliphatic carboxylic acids is 1. The number of nitrogens with one attached hydrogen (secondary N) is 4. The second-order valence-electron chi connectivity index (χ2n) is 7.90. The number of benzene rings is 1. The third kappa shape index (κ3) is 8.45. The highest BCUT2D eigenvalue weighted by atomic mass is 16.5. The average Bonchev–Trinajstić information content (AvgIpc) is 3.31. The van der Waals surface area contributed by atoms with Crippen LogP contribution in [-0.2, 0) is 35.1 Å². The van der Waals surface area contributed by atoms with E-state index in [9.17, 15) is 29.1 Å². The van der Waals surface area contributed by atoms with Crippen LogP contribution < -0.4 is 27.0 Å². The van der Waals surface area contributed by atoms with Crippen molar-refractivity contribution < 1.29 is 33.8 Å². The molecule has 2 rings (SSSR count). The minimum atomic E-state index is -1.29. The Bertz CT molecular complexity index is 872. The molecule has 1 fully saturated rings. The zero-order valence-corrected chi connectivity index (χ0v) is 18.8. The van der Waals surface area contributed by atoms with Crippen molar-refractivity contribution in [2.75, 3.05) is 26.4 Å². The van der Waals surface area contributed by atoms with Crippen LogP contribution in [0.25, 0.3) is 0 Å². The lowest BCUT2D eigenvalue weighted by Crippen LogP contribution is -2.52. The van der Waals surface area contributed by atoms with Crippen molar-refractivity contribution in [3.63, 3.8) is 0 Å². The molecular weight excluding hydrogens is 446 g/mol. The highest BCUT2D eigenvalue weighted by Crippen LogP contribution is 2.33. The molecule has 186 valence electrons. The zero-order chi connectivity index (χ0) is 25.0. The van der Waals surface area contributed by atoms with Gasteiger partial charge in [0.2, 0.25) is 23.6 Å². The Labute approximate surface area is 197 Å². The van der Waals surface area contributed by atoms with Gasteiger partial charge in [-0.1, -0.05) is 30.3 Å². The first-order chi connectivity index (χ1) is 16.3. The second-order valence-corrected chi connectivity index (χ2v) is 7.90. The van der Waals surface area contributed by atoms with Crippen LogP contribution in [0.15, 0.2) is 30.3 Å². The van der Waals surface area contributed by atoms with Gasteiger partial charge in [-0.15, -0.1) is 0 Å². The lowest BCUT2D eigenvalue weighted by molar-refractivity contribution is -0.167. The van der Waals surface area contributed by atoms with Gasteiger partial charge in [-0.05, 0) is 31.2 Å². The minimum absolute atomic E-state index is 0.162. The van der Waals surface area contributed by atoms with Crippen molar-refractivity contribution in [1.82, 2.24) is 21.3 Å². The van der Waals surface area contributed by atoms with Gasteiger partial charge in [0.05, 0.1) is 19.6 Å². The summed E-state index contributed by atoms with van der Waals surface area (Å²) in [6.07, 6.45) is 2.39. The first-order valence-corrected chi connectivity index (χ1v) is 11.0. The Kier molecular flexibility index (Phi) is 10.4. The molecule has 1 aliphatic carbocycles. The van der Waals surface area contributed by atoms with E-state index in [2.05, 4.69) is 21.3 Å². The largest absolute Gasteiger partial charge is 0.479 e. The monoisotopic (exact) mass is 477 g/mol. The van der Waals surface area contributed by atoms with Crippen LogP contribution in [0.4, 0.5) is 0 Å². The van der Waals surface area contributed by atoms with Crippen LogP contribution in [0.3, 0.4) is 0 Å². The van der Waals surface area contributed by atoms with Crippen molar-refractivity contribution in [1.29, 1.82) is 0 Å². The number of ether oxygens (including phenoxy) is 1. The number of carbonyl (C=O) groups is 5. The number of hydrogen-bond donors (Lipinski definition) is 6. The maximum Gasteiger partial charge on any atom is 0.336 e. The molecule has 0 saturated heterocycles. The second kappa shape index (κ2) is 13.3. The van der Waals surface area contributed by atoms with E-state index in [-0.39, 0.29) is 26.2 Å². The number of carbonyl (C=O) groups excluding carboxylic acids is 4. The molecule has 1 saturated carbocycles. The van der Waals surface area contributed by atoms with E-state index in [1.54, 1.807) is 24.3 Å². The molecule has 1 atom stereocenters. The molecule has 0 spiro atoms. The van der Waals surface area contributed by atoms with Crippen molar-refractivity contribution in [2.45, 2.75) is 43.7 Å². The van der Waals surface area contributed by atoms with Gasteiger partial charge in [0.25, 0.3) is 0 Å². The lowest BCUT2D eigenvalue weighted by Gasteiger charge is -2.24. The quantitative estimate of drug-likeness (QED) is 0.183. The normalized spacial score (nSPS) is 15.1. The minimum Gasteiger partial charge on any atom is -0.479 e. The SMILES string of the molecule is NCC(=O)NCC(=O)N[C@@H](Cc1ccccc1)C(=O)NCC(=O)NCOC1(C(=O)O)CCCC1. The van der Waals surface area contributed by atoms with Crippen LogP contribution in [0.2, 0.25) is 0 Å². The molecule has 7 N–H and O–H groups in total. The maximum atomic E-state index is 12.7. The molecule has 1 aliphatic rings. The molecule has 12 nitrogen and oxygen atoms in total. The third-order valence-electron chi connectivity index (χ3n) is 5.41. The average molecular weight is 478 g/mol. The number of carboxylic acid groups (broad SMARTS) is 1. The van der Waals surface area contributed by atoms with Gasteiger partial charge in [0.1, 0.15) is 12.8 Å². The van der Waals surface area contributed by atoms with Crippen molar-refractivity contribution in [3.8, 4) is 0 Å². The van der Waals surface area contributed by atoms with Crippen molar-refractivity contribution in [3.05, 3.63) is 35.9 Å². The standard InChI is InChI=1S/C22H31N5O7/c23-11-17(28)24-13-19(30)27-16(10-15-6-2-1-3-7-15)20(31)25-12-18(29)26-14-34-22(21(32)33)8-4-5-9-22/h1-3,6-7,16H,4-5,8-14,23H2,(H,24,28)(H,25,31)(H,26,29)(H,27,30)(H,32,33)/t16-/m0/s1. The summed E-state index contributed by atoms with van der Waals surface area (Å²) in [5, 5.41) is 19.1. The zero-order valence-electron chi connectivity index (χ0n) is 18.8. The highest BCUT2D eigenvalue weighted by molar-refractivity contribution is 5.92. The van der Waals surface area contributed by atoms with Crippen LogP contribution in [0.1, 0.15) is 31.2 Å². The highest BCUT2D eigenvalue weighted by Gasteiger charge is 2.42. The predicted molar refractivity (Wildman–Crippen MR) is 120 cm³/mol. The maximum absolute atomic E-state index is 12.7. The fourth-order valence-corrected chi connectivity index (χ4v) is 3.53. The number of nitrogens with two attached hydrogens (primary N) is 1. The summed E-state index contributed by atoms with van der Waals surface area (Å²) in [4.78, 5) is 59.7. The van der Waals surface area contributed by atoms with E-state index in [4.69, 9.17) is 10.5 Å². The summed E-state index contributed by atoms with van der Waals surface area (Å²) in [5.41, 5.74) is 4.68. The molecule has 34 heavy (non-hydrogen) atoms. The van der Waals surface area contributed by atoms with Gasteiger partial charge in [0, 0.05) is 6.42 Å². The Balaban J connectivity index is 1.86. The van der Waals surface area contributed by atoms with Gasteiger partial charge in [-0.25, -0.2) is 4.79 Å². The lowest BCUT2D eigenvalue weighted by atomic mass is 10.0. The van der Waals surface area contributed by atoms with Crippen molar-refractivity contribution >= 4 is 29.6 Å². The Hall–Kier alpha value is -3.51. The molecule has 0 radical (unpaired) electrons. The van der Waals surface area contributed by atoms with Gasteiger partial charge in [0.15, 0.2) is 5.60 Å². The summed E-state index contributed by atoms with van der Waals surface area (Å²) in [5.74, 6) is -3.34. The molecule has 0 unspecified atom stereocenters. The first kappa shape index (κ1) is 26.7. The molecule has 0 bridgehead atoms. The van der Waals surface area contributed by atoms with E-state index < -0.39 is 47.8 Å². The smallest absolute Gasteiger partial charge is 0.336 e. The molecule has 0 heterocycles. The summed E-state index contributed by atoms with van der Waals surface area (Å²) >= 11 is 0. The number of rotatable bonds is 13. The van der Waals surface area contributed by atoms with Gasteiger partial charge in [-0.3, -0.25) is 19.2 Å². The molecular formula is C22H31N5O7. The fraction of sp³-hybridized carbons (Fsp3) is 0.500. The molecule has 12 heteroatoms. The van der Waals surface area contributed by atoms with Gasteiger partial charge >= 0.3 is 5.97 Å². The number of amides is 4. The first-order valence-electron chi connectivity index (χ1n) is 11.0. The van der Waals surface area contributed by atoms with Crippen LogP contribution >= 0.6 is 0 Å². The molecule has 1 aromatic rings. The van der Waals surface area contributed by atoms with Gasteiger partial charge < -0.3 is 36.8 Å². The molecule has 1 aromatic carbocycles. The van der Waals surface area contributed by atoms with Gasteiger partial charge in [-0.2, -0.15) is 0 Å². The number of hydrogen-bond acceptors (Lipinski definition) is 7. The fourth-order valence-electron chi connectivity index (χ4n) is 3.53. The van der Waals surface area contributed by atoms with E-state index in [0.29, 0.717) is 12.8 Å². The third-order valence-corrected chi connectivity index (χ3v) is 5.41. The van der Waals surface area contributed by atoms with E-state index >= 15 is 0 Å². The Morgan fingerprint density at radius 1 is 0.941 bits per heavy atom. The Morgan fingerprint density at radius 3 is 2.21 bits per heavy atom. The topological polar surface area (TPSA) is 189 Å². The van der Waals surface area contributed by atoms with E-state index in [0.717, 1.165) is 18.4 Å². The van der Waals surface area contributed by atoms with E-state index in [1.165, 1.54) is 0 Å². The Morgan fingerprint density at radius 2 is 1.59 bits per heavy atom. The molecule has 4 amide bonds. The summed E-state index contributed by atoms with van der Waals surface area (Å²) < 4.78 is 5.42. The van der Waals surface area contributed by atoms with Crippen LogP contribution in [0.5, 0.6) is 0 Å². The van der Waals surface area contributed by atoms with Crippen molar-refractivity contribution in [2.24, 2.45) is 5.73 Å². The summed E-state index contributed by atoms with van der Waals surface area (Å²) in [6, 6.07) is 7.96. The molecule has 0 aliphatic heterocycles. The number of carboxylic acids is 1. The molecule has 0 aromatic heterocycles. The van der Waals surface area contributed by atoms with Crippen LogP contribution in [0, 0.1) is 0 Å². The summed E-state index contributed by atoms with van der Waals surface area (Å²) in [6.45, 7) is -1.31. The predicted octanol–water partition coefficient (Wildman–Crippen LogP) is -1.61. The summed E-state index contributed by atoms with van der Waals surface area (Å²) in [7, 11) is 0. The van der Waals surface area contributed by atoms with Crippen LogP contribution in [-0.4, -0.2) is 72.7 Å².